The molecule has 6 nitrogen and oxygen atoms in total. The highest BCUT2D eigenvalue weighted by Crippen LogP contribution is 2.17. The van der Waals surface area contributed by atoms with Crippen LogP contribution in [0.25, 0.3) is 0 Å². The molecule has 0 bridgehead atoms. The molecule has 7 heteroatoms. The van der Waals surface area contributed by atoms with Gasteiger partial charge in [-0.2, -0.15) is 10.1 Å². The molecule has 1 aromatic carbocycles. The van der Waals surface area contributed by atoms with E-state index in [1.807, 2.05) is 0 Å². The molecule has 21 heavy (non-hydrogen) atoms. The predicted octanol–water partition coefficient (Wildman–Crippen LogP) is 1.51. The lowest BCUT2D eigenvalue weighted by Gasteiger charge is -2.32. The molecule has 1 aliphatic heterocycles. The maximum Gasteiger partial charge on any atom is 0.247 e. The van der Waals surface area contributed by atoms with Crippen molar-refractivity contribution >= 4 is 17.5 Å². The van der Waals surface area contributed by atoms with Gasteiger partial charge in [-0.25, -0.2) is 4.39 Å². The maximum absolute atomic E-state index is 13.2. The molecule has 0 saturated carbocycles. The van der Waals surface area contributed by atoms with E-state index < -0.39 is 0 Å². The molecule has 3 rings (SSSR count). The van der Waals surface area contributed by atoms with Crippen molar-refractivity contribution in [2.24, 2.45) is 0 Å². The summed E-state index contributed by atoms with van der Waals surface area (Å²) in [5.41, 5.74) is 0.639. The Morgan fingerprint density at radius 2 is 2.00 bits per heavy atom. The van der Waals surface area contributed by atoms with Gasteiger partial charge in [0.2, 0.25) is 5.95 Å². The highest BCUT2D eigenvalue weighted by atomic mass is 19.1. The van der Waals surface area contributed by atoms with E-state index in [9.17, 15) is 4.39 Å². The van der Waals surface area contributed by atoms with E-state index in [2.05, 4.69) is 37.3 Å². The van der Waals surface area contributed by atoms with Gasteiger partial charge >= 0.3 is 0 Å². The molecule has 1 N–H and O–H groups in total. The van der Waals surface area contributed by atoms with Gasteiger partial charge in [-0.15, -0.1) is 5.10 Å². The molecule has 1 aromatic heterocycles. The van der Waals surface area contributed by atoms with Crippen molar-refractivity contribution < 1.29 is 4.39 Å². The summed E-state index contributed by atoms with van der Waals surface area (Å²) in [6.45, 7) is 3.71. The summed E-state index contributed by atoms with van der Waals surface area (Å²) in [4.78, 5) is 8.81. The molecule has 2 aromatic rings. The highest BCUT2D eigenvalue weighted by Gasteiger charge is 2.17. The Morgan fingerprint density at radius 1 is 1.19 bits per heavy atom. The lowest BCUT2D eigenvalue weighted by molar-refractivity contribution is 0.311. The summed E-state index contributed by atoms with van der Waals surface area (Å²) in [7, 11) is 2.10. The minimum Gasteiger partial charge on any atom is -0.339 e. The van der Waals surface area contributed by atoms with Gasteiger partial charge in [-0.3, -0.25) is 0 Å². The summed E-state index contributed by atoms with van der Waals surface area (Å²) in [5.74, 6) is 0.871. The maximum atomic E-state index is 13.2. The smallest absolute Gasteiger partial charge is 0.247 e. The Labute approximate surface area is 122 Å². The topological polar surface area (TPSA) is 57.2 Å². The summed E-state index contributed by atoms with van der Waals surface area (Å²) >= 11 is 0. The summed E-state index contributed by atoms with van der Waals surface area (Å²) in [6.07, 6.45) is 1.53. The van der Waals surface area contributed by atoms with Crippen LogP contribution in [0.15, 0.2) is 30.5 Å². The second-order valence-electron chi connectivity index (χ2n) is 5.07. The Morgan fingerprint density at radius 3 is 2.76 bits per heavy atom. The standard InChI is InChI=1S/C14H17FN6/c1-20-5-7-21(8-6-20)14-18-13(10-16-19-14)17-12-4-2-3-11(15)9-12/h2-4,9-10H,5-8H2,1H3,(H,17,18,19). The molecular weight excluding hydrogens is 271 g/mol. The van der Waals surface area contributed by atoms with Crippen LogP contribution < -0.4 is 10.2 Å². The number of halogens is 1. The number of hydrogen-bond donors (Lipinski definition) is 1. The number of rotatable bonds is 3. The highest BCUT2D eigenvalue weighted by molar-refractivity contribution is 5.56. The van der Waals surface area contributed by atoms with Gasteiger partial charge in [0, 0.05) is 31.9 Å². The minimum atomic E-state index is -0.290. The van der Waals surface area contributed by atoms with Crippen molar-refractivity contribution in [3.05, 3.63) is 36.3 Å². The van der Waals surface area contributed by atoms with Crippen LogP contribution in [0.5, 0.6) is 0 Å². The first-order valence-electron chi connectivity index (χ1n) is 6.86. The molecule has 0 unspecified atom stereocenters. The molecule has 2 heterocycles. The number of anilines is 3. The summed E-state index contributed by atoms with van der Waals surface area (Å²) in [6, 6.07) is 6.24. The van der Waals surface area contributed by atoms with Crippen molar-refractivity contribution in [2.75, 3.05) is 43.4 Å². The molecular formula is C14H17FN6. The van der Waals surface area contributed by atoms with Crippen LogP contribution in [-0.4, -0.2) is 53.3 Å². The monoisotopic (exact) mass is 288 g/mol. The van der Waals surface area contributed by atoms with Gasteiger partial charge in [0.05, 0.1) is 6.20 Å². The first-order valence-corrected chi connectivity index (χ1v) is 6.86. The normalized spacial score (nSPS) is 16.0. The molecule has 110 valence electrons. The lowest BCUT2D eigenvalue weighted by Crippen LogP contribution is -2.45. The first kappa shape index (κ1) is 13.7. The van der Waals surface area contributed by atoms with E-state index in [-0.39, 0.29) is 5.82 Å². The van der Waals surface area contributed by atoms with Crippen molar-refractivity contribution in [2.45, 2.75) is 0 Å². The third kappa shape index (κ3) is 3.43. The third-order valence-electron chi connectivity index (χ3n) is 3.43. The second-order valence-corrected chi connectivity index (χ2v) is 5.07. The van der Waals surface area contributed by atoms with E-state index in [1.165, 1.54) is 18.3 Å². The van der Waals surface area contributed by atoms with Crippen molar-refractivity contribution in [1.82, 2.24) is 20.1 Å². The van der Waals surface area contributed by atoms with Crippen LogP contribution in [0.3, 0.4) is 0 Å². The largest absolute Gasteiger partial charge is 0.339 e. The number of likely N-dealkylation sites (N-methyl/N-ethyl adjacent to an activating group) is 1. The van der Waals surface area contributed by atoms with E-state index in [0.717, 1.165) is 26.2 Å². The van der Waals surface area contributed by atoms with Crippen LogP contribution in [0.2, 0.25) is 0 Å². The molecule has 0 amide bonds. The van der Waals surface area contributed by atoms with Crippen molar-refractivity contribution in [1.29, 1.82) is 0 Å². The Hall–Kier alpha value is -2.28. The number of aromatic nitrogens is 3. The Bertz CT molecular complexity index is 612. The minimum absolute atomic E-state index is 0.290. The number of nitrogens with one attached hydrogen (secondary N) is 1. The van der Waals surface area contributed by atoms with Crippen molar-refractivity contribution in [3.8, 4) is 0 Å². The fraction of sp³-hybridized carbons (Fsp3) is 0.357. The SMILES string of the molecule is CN1CCN(c2nncc(Nc3cccc(F)c3)n2)CC1. The van der Waals surface area contributed by atoms with Gasteiger partial charge in [-0.1, -0.05) is 6.07 Å². The molecule has 1 aliphatic rings. The quantitative estimate of drug-likeness (QED) is 0.924. The van der Waals surface area contributed by atoms with Crippen LogP contribution in [0.1, 0.15) is 0 Å². The van der Waals surface area contributed by atoms with Crippen LogP contribution >= 0.6 is 0 Å². The Balaban J connectivity index is 1.74. The van der Waals surface area contributed by atoms with Crippen molar-refractivity contribution in [3.63, 3.8) is 0 Å². The molecule has 1 fully saturated rings. The second kappa shape index (κ2) is 6.01. The van der Waals surface area contributed by atoms with Crippen LogP contribution in [-0.2, 0) is 0 Å². The van der Waals surface area contributed by atoms with Gasteiger partial charge in [-0.05, 0) is 25.2 Å². The number of benzene rings is 1. The van der Waals surface area contributed by atoms with E-state index in [1.54, 1.807) is 12.1 Å². The zero-order valence-corrected chi connectivity index (χ0v) is 11.8. The van der Waals surface area contributed by atoms with Gasteiger partial charge < -0.3 is 15.1 Å². The van der Waals surface area contributed by atoms with Crippen LogP contribution in [0, 0.1) is 5.82 Å². The lowest BCUT2D eigenvalue weighted by atomic mass is 10.3. The fourth-order valence-corrected chi connectivity index (χ4v) is 2.21. The molecule has 1 saturated heterocycles. The third-order valence-corrected chi connectivity index (χ3v) is 3.43. The molecule has 0 spiro atoms. The first-order chi connectivity index (χ1) is 10.2. The molecule has 0 atom stereocenters. The van der Waals surface area contributed by atoms with E-state index >= 15 is 0 Å². The van der Waals surface area contributed by atoms with E-state index in [0.29, 0.717) is 17.5 Å². The zero-order chi connectivity index (χ0) is 14.7. The number of nitrogens with zero attached hydrogens (tertiary/aromatic N) is 5. The summed E-state index contributed by atoms with van der Waals surface area (Å²) in [5, 5.41) is 11.1. The molecule has 0 aliphatic carbocycles. The average molecular weight is 288 g/mol. The van der Waals surface area contributed by atoms with E-state index in [4.69, 9.17) is 0 Å². The van der Waals surface area contributed by atoms with Gasteiger partial charge in [0.1, 0.15) is 5.82 Å². The number of hydrogen-bond acceptors (Lipinski definition) is 6. The Kier molecular flexibility index (Phi) is 3.92. The predicted molar refractivity (Wildman–Crippen MR) is 79.2 cm³/mol. The van der Waals surface area contributed by atoms with Gasteiger partial charge in [0.15, 0.2) is 5.82 Å². The average Bonchev–Trinajstić information content (AvgIpc) is 2.48. The zero-order valence-electron chi connectivity index (χ0n) is 11.8. The van der Waals surface area contributed by atoms with Gasteiger partial charge in [0.25, 0.3) is 0 Å². The van der Waals surface area contributed by atoms with Crippen LogP contribution in [0.4, 0.5) is 21.8 Å². The molecule has 0 radical (unpaired) electrons. The fourth-order valence-electron chi connectivity index (χ4n) is 2.21. The number of piperazine rings is 1. The summed E-state index contributed by atoms with van der Waals surface area (Å²) < 4.78 is 13.2.